The molecule has 0 spiro atoms. The summed E-state index contributed by atoms with van der Waals surface area (Å²) in [5.41, 5.74) is 1.12. The number of benzene rings is 1. The molecule has 0 radical (unpaired) electrons. The summed E-state index contributed by atoms with van der Waals surface area (Å²) in [6.45, 7) is 6.46. The van der Waals surface area contributed by atoms with Crippen molar-refractivity contribution in [2.24, 2.45) is 34.5 Å². The zero-order chi connectivity index (χ0) is 22.5. The van der Waals surface area contributed by atoms with Crippen LogP contribution in [-0.2, 0) is 14.3 Å². The van der Waals surface area contributed by atoms with E-state index >= 15 is 0 Å². The highest BCUT2D eigenvalue weighted by Gasteiger charge is 2.61. The molecule has 1 aromatic rings. The summed E-state index contributed by atoms with van der Waals surface area (Å²) in [6.07, 6.45) is 10.5. The summed E-state index contributed by atoms with van der Waals surface area (Å²) in [5, 5.41) is 0. The second-order valence-electron chi connectivity index (χ2n) is 11.5. The first-order valence-corrected chi connectivity index (χ1v) is 12.7. The van der Waals surface area contributed by atoms with Crippen molar-refractivity contribution in [3.05, 3.63) is 35.9 Å². The Labute approximate surface area is 192 Å². The third kappa shape index (κ3) is 3.58. The first-order valence-electron chi connectivity index (χ1n) is 12.7. The number of hydrogen-bond donors (Lipinski definition) is 0. The number of fused-ring (bicyclic) bond motifs is 5. The second-order valence-corrected chi connectivity index (χ2v) is 11.5. The molecule has 0 amide bonds. The fourth-order valence-electron chi connectivity index (χ4n) is 8.48. The maximum atomic E-state index is 12.8. The molecule has 1 aromatic carbocycles. The molecule has 0 heterocycles. The van der Waals surface area contributed by atoms with Gasteiger partial charge >= 0.3 is 11.9 Å². The Morgan fingerprint density at radius 1 is 0.844 bits per heavy atom. The summed E-state index contributed by atoms with van der Waals surface area (Å²) < 4.78 is 11.8. The van der Waals surface area contributed by atoms with Gasteiger partial charge in [0.15, 0.2) is 0 Å². The van der Waals surface area contributed by atoms with Crippen molar-refractivity contribution in [3.8, 4) is 0 Å². The van der Waals surface area contributed by atoms with E-state index in [1.165, 1.54) is 39.0 Å². The molecule has 0 bridgehead atoms. The molecular formula is C28H38O4. The second kappa shape index (κ2) is 8.18. The fourth-order valence-corrected chi connectivity index (χ4v) is 8.48. The van der Waals surface area contributed by atoms with Gasteiger partial charge in [-0.2, -0.15) is 0 Å². The molecule has 174 valence electrons. The molecule has 0 aliphatic heterocycles. The Morgan fingerprint density at radius 2 is 1.56 bits per heavy atom. The molecule has 4 fully saturated rings. The van der Waals surface area contributed by atoms with Gasteiger partial charge in [0, 0.05) is 12.3 Å². The van der Waals surface area contributed by atoms with Crippen LogP contribution >= 0.6 is 0 Å². The molecule has 4 heteroatoms. The summed E-state index contributed by atoms with van der Waals surface area (Å²) in [7, 11) is 0. The maximum absolute atomic E-state index is 12.8. The Bertz CT molecular complexity index is 865. The molecule has 4 aliphatic carbocycles. The zero-order valence-electron chi connectivity index (χ0n) is 19.8. The molecule has 4 aliphatic rings. The predicted molar refractivity (Wildman–Crippen MR) is 123 cm³/mol. The minimum Gasteiger partial charge on any atom is -0.463 e. The minimum absolute atomic E-state index is 0.0337. The highest BCUT2D eigenvalue weighted by Crippen LogP contribution is 2.66. The standard InChI is InChI=1S/C28H38O4/c1-18(29)31-21-13-15-27(2)20(17-21)9-10-22-23-11-12-25(28(23,3)16-14-24(22)27)32-26(30)19-7-5-4-6-8-19/h4-8,20-25H,9-17H2,1-3H3/t20-,21-,22+,23+,24+,25-,27-,28+/m0/s1. The van der Waals surface area contributed by atoms with E-state index in [-0.39, 0.29) is 29.6 Å². The largest absolute Gasteiger partial charge is 0.463 e. The van der Waals surface area contributed by atoms with Crippen molar-refractivity contribution in [2.45, 2.75) is 90.8 Å². The lowest BCUT2D eigenvalue weighted by molar-refractivity contribution is -0.161. The van der Waals surface area contributed by atoms with E-state index in [0.717, 1.165) is 37.5 Å². The van der Waals surface area contributed by atoms with E-state index in [2.05, 4.69) is 13.8 Å². The van der Waals surface area contributed by atoms with E-state index < -0.39 is 0 Å². The van der Waals surface area contributed by atoms with Crippen molar-refractivity contribution in [1.82, 2.24) is 0 Å². The number of rotatable bonds is 3. The van der Waals surface area contributed by atoms with Crippen molar-refractivity contribution in [1.29, 1.82) is 0 Å². The monoisotopic (exact) mass is 438 g/mol. The van der Waals surface area contributed by atoms with Gasteiger partial charge in [0.25, 0.3) is 0 Å². The Kier molecular flexibility index (Phi) is 5.62. The lowest BCUT2D eigenvalue weighted by Gasteiger charge is -2.60. The molecule has 8 atom stereocenters. The van der Waals surface area contributed by atoms with Crippen LogP contribution in [0, 0.1) is 34.5 Å². The average Bonchev–Trinajstić information content (AvgIpc) is 3.10. The van der Waals surface area contributed by atoms with Gasteiger partial charge in [0.2, 0.25) is 0 Å². The van der Waals surface area contributed by atoms with Gasteiger partial charge in [-0.3, -0.25) is 4.79 Å². The number of esters is 2. The van der Waals surface area contributed by atoms with Gasteiger partial charge in [-0.15, -0.1) is 0 Å². The molecular weight excluding hydrogens is 400 g/mol. The summed E-state index contributed by atoms with van der Waals surface area (Å²) in [5.74, 6) is 2.50. The third-order valence-electron chi connectivity index (χ3n) is 10.1. The van der Waals surface area contributed by atoms with E-state index in [4.69, 9.17) is 9.47 Å². The number of carbonyl (C=O) groups excluding carboxylic acids is 2. The molecule has 0 saturated heterocycles. The molecule has 0 aromatic heterocycles. The van der Waals surface area contributed by atoms with E-state index in [0.29, 0.717) is 22.8 Å². The van der Waals surface area contributed by atoms with Crippen LogP contribution in [0.3, 0.4) is 0 Å². The highest BCUT2D eigenvalue weighted by molar-refractivity contribution is 5.89. The van der Waals surface area contributed by atoms with E-state index in [1.54, 1.807) is 0 Å². The first-order chi connectivity index (χ1) is 15.3. The first kappa shape index (κ1) is 22.0. The molecule has 32 heavy (non-hydrogen) atoms. The van der Waals surface area contributed by atoms with Crippen molar-refractivity contribution < 1.29 is 19.1 Å². The number of hydrogen-bond acceptors (Lipinski definition) is 4. The van der Waals surface area contributed by atoms with Crippen LogP contribution in [0.5, 0.6) is 0 Å². The van der Waals surface area contributed by atoms with Crippen LogP contribution in [0.1, 0.15) is 88.9 Å². The van der Waals surface area contributed by atoms with Gasteiger partial charge in [0.1, 0.15) is 12.2 Å². The van der Waals surface area contributed by atoms with Crippen LogP contribution in [0.25, 0.3) is 0 Å². The fraction of sp³-hybridized carbons (Fsp3) is 0.714. The maximum Gasteiger partial charge on any atom is 0.338 e. The predicted octanol–water partition coefficient (Wildman–Crippen LogP) is 6.19. The summed E-state index contributed by atoms with van der Waals surface area (Å²) in [6, 6.07) is 9.43. The lowest BCUT2D eigenvalue weighted by atomic mass is 9.45. The average molecular weight is 439 g/mol. The Balaban J connectivity index is 1.30. The van der Waals surface area contributed by atoms with Crippen molar-refractivity contribution in [3.63, 3.8) is 0 Å². The zero-order valence-corrected chi connectivity index (χ0v) is 19.8. The summed E-state index contributed by atoms with van der Waals surface area (Å²) in [4.78, 5) is 24.3. The third-order valence-corrected chi connectivity index (χ3v) is 10.1. The number of carbonyl (C=O) groups is 2. The molecule has 5 rings (SSSR count). The van der Waals surface area contributed by atoms with Gasteiger partial charge in [0.05, 0.1) is 5.56 Å². The van der Waals surface area contributed by atoms with E-state index in [9.17, 15) is 9.59 Å². The van der Waals surface area contributed by atoms with Crippen LogP contribution in [0.2, 0.25) is 0 Å². The lowest BCUT2D eigenvalue weighted by Crippen LogP contribution is -2.54. The van der Waals surface area contributed by atoms with Crippen molar-refractivity contribution >= 4 is 11.9 Å². The Morgan fingerprint density at radius 3 is 2.31 bits per heavy atom. The Hall–Kier alpha value is -1.84. The SMILES string of the molecule is CC(=O)O[C@H]1CC[C@@]2(C)[C@@H](CC[C@H]3[C@H]2CC[C@@]2(C)[C@@H](OC(=O)c4ccccc4)CC[C@H]32)C1. The van der Waals surface area contributed by atoms with Gasteiger partial charge in [-0.25, -0.2) is 4.79 Å². The number of ether oxygens (including phenoxy) is 2. The van der Waals surface area contributed by atoms with Crippen LogP contribution in [-0.4, -0.2) is 24.1 Å². The molecule has 0 N–H and O–H groups in total. The molecule has 4 nitrogen and oxygen atoms in total. The normalized spacial score (nSPS) is 42.8. The van der Waals surface area contributed by atoms with Gasteiger partial charge < -0.3 is 9.47 Å². The van der Waals surface area contributed by atoms with E-state index in [1.807, 2.05) is 30.3 Å². The quantitative estimate of drug-likeness (QED) is 0.528. The summed E-state index contributed by atoms with van der Waals surface area (Å²) >= 11 is 0. The minimum atomic E-state index is -0.168. The van der Waals surface area contributed by atoms with Crippen LogP contribution < -0.4 is 0 Å². The van der Waals surface area contributed by atoms with Crippen molar-refractivity contribution in [2.75, 3.05) is 0 Å². The topological polar surface area (TPSA) is 52.6 Å². The van der Waals surface area contributed by atoms with Gasteiger partial charge in [-0.1, -0.05) is 32.0 Å². The van der Waals surface area contributed by atoms with Gasteiger partial charge in [-0.05, 0) is 99.0 Å². The van der Waals surface area contributed by atoms with Crippen LogP contribution in [0.15, 0.2) is 30.3 Å². The molecule has 0 unspecified atom stereocenters. The smallest absolute Gasteiger partial charge is 0.338 e. The molecule has 4 saturated carbocycles. The van der Waals surface area contributed by atoms with Crippen LogP contribution in [0.4, 0.5) is 0 Å². The highest BCUT2D eigenvalue weighted by atomic mass is 16.5.